The van der Waals surface area contributed by atoms with Crippen molar-refractivity contribution in [2.24, 2.45) is 0 Å². The van der Waals surface area contributed by atoms with E-state index < -0.39 is 5.54 Å². The highest BCUT2D eigenvalue weighted by atomic mass is 35.5. The van der Waals surface area contributed by atoms with Gasteiger partial charge >= 0.3 is 0 Å². The molecule has 0 aliphatic rings. The van der Waals surface area contributed by atoms with E-state index in [2.05, 4.69) is 33.0 Å². The van der Waals surface area contributed by atoms with Crippen molar-refractivity contribution in [3.63, 3.8) is 0 Å². The van der Waals surface area contributed by atoms with Gasteiger partial charge in [-0.05, 0) is 38.3 Å². The average Bonchev–Trinajstić information content (AvgIpc) is 2.89. The van der Waals surface area contributed by atoms with E-state index in [1.807, 2.05) is 6.08 Å². The molecular weight excluding hydrogens is 494 g/mol. The summed E-state index contributed by atoms with van der Waals surface area (Å²) in [6.07, 6.45) is 25.6. The van der Waals surface area contributed by atoms with Crippen LogP contribution in [0.4, 0.5) is 0 Å². The molecule has 0 saturated heterocycles. The molecule has 0 aliphatic heterocycles. The van der Waals surface area contributed by atoms with E-state index in [1.54, 1.807) is 6.20 Å². The summed E-state index contributed by atoms with van der Waals surface area (Å²) < 4.78 is 0. The fourth-order valence-corrected chi connectivity index (χ4v) is 4.89. The van der Waals surface area contributed by atoms with Crippen LogP contribution in [0.15, 0.2) is 12.3 Å². The molecule has 0 aromatic carbocycles. The van der Waals surface area contributed by atoms with E-state index >= 15 is 0 Å². The van der Waals surface area contributed by atoms with E-state index in [0.29, 0.717) is 19.3 Å². The van der Waals surface area contributed by atoms with Crippen molar-refractivity contribution in [2.45, 2.75) is 181 Å². The number of nitrogens with one attached hydrogen (secondary N) is 1. The highest BCUT2D eigenvalue weighted by Crippen LogP contribution is 2.23. The van der Waals surface area contributed by atoms with Crippen LogP contribution in [0.25, 0.3) is 0 Å². The number of ketones is 3. The first-order valence-electron chi connectivity index (χ1n) is 16.0. The average molecular weight is 556 g/mol. The fraction of sp³-hybridized carbons (Fsp3) is 0.848. The number of unbranched alkanes of at least 4 members (excludes halogenated alkanes) is 16. The molecule has 38 heavy (non-hydrogen) atoms. The maximum absolute atomic E-state index is 13.7. The number of rotatable bonds is 28. The Bertz CT molecular complexity index is 553. The molecule has 0 unspecified atom stereocenters. The van der Waals surface area contributed by atoms with Gasteiger partial charge in [-0.25, -0.2) is 0 Å². The predicted octanol–water partition coefficient (Wildman–Crippen LogP) is 10.0. The lowest BCUT2D eigenvalue weighted by Gasteiger charge is -2.30. The van der Waals surface area contributed by atoms with Gasteiger partial charge in [-0.1, -0.05) is 130 Å². The minimum atomic E-state index is -1.69. The Kier molecular flexibility index (Phi) is 28.1. The largest absolute Gasteiger partial charge is 0.367 e. The summed E-state index contributed by atoms with van der Waals surface area (Å²) in [4.78, 5) is 41.2. The summed E-state index contributed by atoms with van der Waals surface area (Å²) >= 11 is 0. The monoisotopic (exact) mass is 555 g/mol. The van der Waals surface area contributed by atoms with Crippen LogP contribution in [0, 0.1) is 0 Å². The topological polar surface area (TPSA) is 63.2 Å². The normalized spacial score (nSPS) is 11.5. The van der Waals surface area contributed by atoms with Crippen molar-refractivity contribution in [3.05, 3.63) is 12.3 Å². The highest BCUT2D eigenvalue weighted by molar-refractivity contribution is 6.29. The Morgan fingerprint density at radius 1 is 0.500 bits per heavy atom. The van der Waals surface area contributed by atoms with E-state index in [9.17, 15) is 14.4 Å². The van der Waals surface area contributed by atoms with Crippen LogP contribution in [-0.4, -0.2) is 22.9 Å². The molecule has 1 N–H and O–H groups in total. The Morgan fingerprint density at radius 2 is 0.816 bits per heavy atom. The highest BCUT2D eigenvalue weighted by Gasteiger charge is 2.49. The molecule has 0 aromatic rings. The van der Waals surface area contributed by atoms with Crippen LogP contribution in [0.1, 0.15) is 175 Å². The third-order valence-electron chi connectivity index (χ3n) is 7.42. The molecule has 0 fully saturated rings. The van der Waals surface area contributed by atoms with Crippen LogP contribution in [0.2, 0.25) is 0 Å². The van der Waals surface area contributed by atoms with Crippen LogP contribution in [0.5, 0.6) is 0 Å². The second kappa shape index (κ2) is 27.4. The molecule has 224 valence electrons. The second-order valence-corrected chi connectivity index (χ2v) is 10.9. The standard InChI is InChI=1S/C33H61NO3.ClH/c1-5-9-13-17-21-25-29-34-33(30(35)26-22-18-14-10-6-2,31(36)27-23-19-15-11-7-3)32(37)28-24-20-16-12-8-4;/h25,29,34H,5-24,26-28H2,1-4H3;1H. The molecule has 0 amide bonds. The molecule has 0 rings (SSSR count). The van der Waals surface area contributed by atoms with Crippen LogP contribution < -0.4 is 5.32 Å². The number of Topliss-reactive ketones (excluding diaryl/α,β-unsaturated/α-hetero) is 3. The molecule has 0 saturated carbocycles. The molecule has 0 radical (unpaired) electrons. The molecule has 0 aromatic heterocycles. The summed E-state index contributed by atoms with van der Waals surface area (Å²) in [5.74, 6) is -0.634. The van der Waals surface area contributed by atoms with Crippen molar-refractivity contribution >= 4 is 29.8 Å². The van der Waals surface area contributed by atoms with Gasteiger partial charge in [0.05, 0.1) is 0 Å². The summed E-state index contributed by atoms with van der Waals surface area (Å²) in [6.45, 7) is 8.72. The van der Waals surface area contributed by atoms with E-state index in [4.69, 9.17) is 0 Å². The first kappa shape index (κ1) is 39.0. The van der Waals surface area contributed by atoms with Gasteiger partial charge in [0.25, 0.3) is 0 Å². The fourth-order valence-electron chi connectivity index (χ4n) is 4.89. The minimum Gasteiger partial charge on any atom is -0.367 e. The molecule has 5 heteroatoms. The molecule has 0 bridgehead atoms. The molecule has 4 nitrogen and oxygen atoms in total. The molecule has 0 atom stereocenters. The van der Waals surface area contributed by atoms with E-state index in [-0.39, 0.29) is 29.8 Å². The smallest absolute Gasteiger partial charge is 0.214 e. The SMILES string of the molecule is CCCCCCC=CNC(C(=O)CCCCCCC)(C(=O)CCCCCCC)C(=O)CCCCCCC.Cl. The summed E-state index contributed by atoms with van der Waals surface area (Å²) in [5.41, 5.74) is -1.69. The molecule has 0 heterocycles. The van der Waals surface area contributed by atoms with E-state index in [1.165, 1.54) is 19.3 Å². The number of allylic oxidation sites excluding steroid dienone is 1. The number of hydrogen-bond acceptors (Lipinski definition) is 4. The maximum atomic E-state index is 13.7. The first-order valence-corrected chi connectivity index (χ1v) is 16.0. The lowest BCUT2D eigenvalue weighted by Crippen LogP contribution is -2.62. The predicted molar refractivity (Wildman–Crippen MR) is 166 cm³/mol. The van der Waals surface area contributed by atoms with Gasteiger partial charge in [0.2, 0.25) is 5.54 Å². The van der Waals surface area contributed by atoms with Gasteiger partial charge in [-0.2, -0.15) is 0 Å². The van der Waals surface area contributed by atoms with Crippen LogP contribution >= 0.6 is 12.4 Å². The van der Waals surface area contributed by atoms with Crippen molar-refractivity contribution in [3.8, 4) is 0 Å². The van der Waals surface area contributed by atoms with Gasteiger partial charge in [0.1, 0.15) is 0 Å². The number of hydrogen-bond donors (Lipinski definition) is 1. The minimum absolute atomic E-state index is 0. The second-order valence-electron chi connectivity index (χ2n) is 10.9. The Balaban J connectivity index is 0. The van der Waals surface area contributed by atoms with Gasteiger partial charge in [0.15, 0.2) is 17.3 Å². The molecule has 0 spiro atoms. The van der Waals surface area contributed by atoms with Gasteiger partial charge in [-0.15, -0.1) is 12.4 Å². The molecule has 0 aliphatic carbocycles. The maximum Gasteiger partial charge on any atom is 0.214 e. The first-order chi connectivity index (χ1) is 18.0. The number of carbonyl (C=O) groups excluding carboxylic acids is 3. The third kappa shape index (κ3) is 17.4. The van der Waals surface area contributed by atoms with Crippen molar-refractivity contribution in [1.29, 1.82) is 0 Å². The van der Waals surface area contributed by atoms with Gasteiger partial charge in [-0.3, -0.25) is 14.4 Å². The zero-order chi connectivity index (χ0) is 27.6. The summed E-state index contributed by atoms with van der Waals surface area (Å²) in [5, 5.41) is 3.15. The summed E-state index contributed by atoms with van der Waals surface area (Å²) in [7, 11) is 0. The summed E-state index contributed by atoms with van der Waals surface area (Å²) in [6, 6.07) is 0. The van der Waals surface area contributed by atoms with Crippen molar-refractivity contribution < 1.29 is 14.4 Å². The Morgan fingerprint density at radius 3 is 1.16 bits per heavy atom. The lowest BCUT2D eigenvalue weighted by atomic mass is 9.78. The Labute approximate surface area is 242 Å². The quantitative estimate of drug-likeness (QED) is 0.0770. The van der Waals surface area contributed by atoms with Gasteiger partial charge < -0.3 is 5.32 Å². The molecular formula is C33H62ClNO3. The van der Waals surface area contributed by atoms with Crippen LogP contribution in [0.3, 0.4) is 0 Å². The lowest BCUT2D eigenvalue weighted by molar-refractivity contribution is -0.144. The Hall–Kier alpha value is -1.16. The zero-order valence-corrected chi connectivity index (χ0v) is 26.4. The number of carbonyl (C=O) groups is 3. The zero-order valence-electron chi connectivity index (χ0n) is 25.6. The van der Waals surface area contributed by atoms with Crippen molar-refractivity contribution in [1.82, 2.24) is 5.32 Å². The van der Waals surface area contributed by atoms with Crippen LogP contribution in [-0.2, 0) is 14.4 Å². The van der Waals surface area contributed by atoms with E-state index in [0.717, 1.165) is 109 Å². The number of halogens is 1. The van der Waals surface area contributed by atoms with Crippen molar-refractivity contribution in [2.75, 3.05) is 0 Å². The third-order valence-corrected chi connectivity index (χ3v) is 7.42. The van der Waals surface area contributed by atoms with Gasteiger partial charge in [0, 0.05) is 19.3 Å².